The van der Waals surface area contributed by atoms with Crippen molar-refractivity contribution in [2.75, 3.05) is 13.4 Å². The van der Waals surface area contributed by atoms with Gasteiger partial charge in [0.15, 0.2) is 17.2 Å². The number of ether oxygens (including phenoxy) is 3. The van der Waals surface area contributed by atoms with Crippen LogP contribution in [0.25, 0.3) is 22.5 Å². The highest BCUT2D eigenvalue weighted by molar-refractivity contribution is 6.02. The number of carbonyl (C=O) groups excluding carboxylic acids is 1. The Kier molecular flexibility index (Phi) is 4.01. The Morgan fingerprint density at radius 1 is 1.08 bits per heavy atom. The maximum atomic E-state index is 12.4. The van der Waals surface area contributed by atoms with Gasteiger partial charge in [-0.05, 0) is 30.7 Å². The molecule has 0 fully saturated rings. The van der Waals surface area contributed by atoms with E-state index >= 15 is 0 Å². The van der Waals surface area contributed by atoms with Crippen LogP contribution in [0.5, 0.6) is 17.2 Å². The normalized spacial score (nSPS) is 12.2. The van der Waals surface area contributed by atoms with Crippen molar-refractivity contribution in [2.24, 2.45) is 0 Å². The molecule has 132 valence electrons. The number of benzene rings is 2. The van der Waals surface area contributed by atoms with Crippen LogP contribution >= 0.6 is 0 Å². The van der Waals surface area contributed by atoms with E-state index in [2.05, 4.69) is 4.98 Å². The second kappa shape index (κ2) is 6.48. The molecule has 0 spiro atoms. The topological polar surface area (TPSA) is 80.8 Å². The van der Waals surface area contributed by atoms with Gasteiger partial charge in [-0.3, -0.25) is 0 Å². The van der Waals surface area contributed by atoms with E-state index < -0.39 is 5.97 Å². The molecule has 0 bridgehead atoms. The van der Waals surface area contributed by atoms with E-state index in [1.165, 1.54) is 0 Å². The summed E-state index contributed by atoms with van der Waals surface area (Å²) in [6, 6.07) is 14.7. The molecule has 1 aliphatic heterocycles. The molecule has 3 aromatic rings. The number of nitrogens with one attached hydrogen (secondary N) is 1. The second-order valence-corrected chi connectivity index (χ2v) is 5.75. The molecule has 0 amide bonds. The molecule has 0 atom stereocenters. The van der Waals surface area contributed by atoms with Crippen LogP contribution in [0.2, 0.25) is 0 Å². The zero-order chi connectivity index (χ0) is 18.1. The lowest BCUT2D eigenvalue weighted by atomic mass is 10.1. The lowest BCUT2D eigenvalue weighted by Crippen LogP contribution is -2.05. The SMILES string of the molecule is CCOC(=O)c1c(-c2ccccc2)[nH]c(-c2ccc3c(c2)OCO3)c1O. The first-order valence-electron chi connectivity index (χ1n) is 8.26. The van der Waals surface area contributed by atoms with Crippen LogP contribution in [-0.2, 0) is 4.74 Å². The third-order valence-electron chi connectivity index (χ3n) is 4.18. The quantitative estimate of drug-likeness (QED) is 0.696. The van der Waals surface area contributed by atoms with Gasteiger partial charge in [0.1, 0.15) is 5.56 Å². The summed E-state index contributed by atoms with van der Waals surface area (Å²) >= 11 is 0. The minimum absolute atomic E-state index is 0.116. The van der Waals surface area contributed by atoms with Gasteiger partial charge in [-0.15, -0.1) is 0 Å². The Morgan fingerprint density at radius 2 is 1.85 bits per heavy atom. The summed E-state index contributed by atoms with van der Waals surface area (Å²) in [7, 11) is 0. The van der Waals surface area contributed by atoms with Gasteiger partial charge in [0, 0.05) is 5.56 Å². The average Bonchev–Trinajstić information content (AvgIpc) is 3.26. The molecule has 1 aliphatic rings. The molecule has 0 unspecified atom stereocenters. The van der Waals surface area contributed by atoms with E-state index in [1.807, 2.05) is 30.3 Å². The molecule has 26 heavy (non-hydrogen) atoms. The molecule has 6 heteroatoms. The maximum absolute atomic E-state index is 12.4. The van der Waals surface area contributed by atoms with E-state index in [0.717, 1.165) is 5.56 Å². The van der Waals surface area contributed by atoms with E-state index in [0.29, 0.717) is 28.5 Å². The van der Waals surface area contributed by atoms with Crippen LogP contribution in [0, 0.1) is 0 Å². The second-order valence-electron chi connectivity index (χ2n) is 5.75. The van der Waals surface area contributed by atoms with Gasteiger partial charge in [0.05, 0.1) is 18.0 Å². The molecule has 2 N–H and O–H groups in total. The molecule has 0 saturated carbocycles. The first-order valence-corrected chi connectivity index (χ1v) is 8.26. The first-order chi connectivity index (χ1) is 12.7. The van der Waals surface area contributed by atoms with Gasteiger partial charge in [0.25, 0.3) is 0 Å². The van der Waals surface area contributed by atoms with Gasteiger partial charge in [0.2, 0.25) is 6.79 Å². The van der Waals surface area contributed by atoms with Crippen molar-refractivity contribution in [3.63, 3.8) is 0 Å². The molecular formula is C20H17NO5. The summed E-state index contributed by atoms with van der Waals surface area (Å²) < 4.78 is 15.8. The monoisotopic (exact) mass is 351 g/mol. The zero-order valence-electron chi connectivity index (χ0n) is 14.1. The van der Waals surface area contributed by atoms with E-state index in [9.17, 15) is 9.90 Å². The van der Waals surface area contributed by atoms with Crippen molar-refractivity contribution in [1.29, 1.82) is 0 Å². The average molecular weight is 351 g/mol. The predicted octanol–water partition coefficient (Wildman–Crippen LogP) is 3.96. The largest absolute Gasteiger partial charge is 0.505 e. The number of H-pyrrole nitrogens is 1. The van der Waals surface area contributed by atoms with Crippen molar-refractivity contribution in [1.82, 2.24) is 4.98 Å². The molecule has 2 aromatic carbocycles. The lowest BCUT2D eigenvalue weighted by Gasteiger charge is -2.04. The molecular weight excluding hydrogens is 334 g/mol. The van der Waals surface area contributed by atoms with Crippen LogP contribution in [0.4, 0.5) is 0 Å². The van der Waals surface area contributed by atoms with Crippen LogP contribution in [0.1, 0.15) is 17.3 Å². The smallest absolute Gasteiger partial charge is 0.344 e. The van der Waals surface area contributed by atoms with Crippen molar-refractivity contribution in [2.45, 2.75) is 6.92 Å². The summed E-state index contributed by atoms with van der Waals surface area (Å²) in [5.41, 5.74) is 2.50. The summed E-state index contributed by atoms with van der Waals surface area (Å²) in [6.07, 6.45) is 0. The number of aromatic hydroxyl groups is 1. The first kappa shape index (κ1) is 16.1. The van der Waals surface area contributed by atoms with E-state index in [4.69, 9.17) is 14.2 Å². The summed E-state index contributed by atoms with van der Waals surface area (Å²) in [5.74, 6) is 0.511. The van der Waals surface area contributed by atoms with E-state index in [-0.39, 0.29) is 24.7 Å². The fourth-order valence-electron chi connectivity index (χ4n) is 2.97. The van der Waals surface area contributed by atoms with Crippen molar-refractivity contribution < 1.29 is 24.1 Å². The van der Waals surface area contributed by atoms with Crippen molar-refractivity contribution in [3.8, 4) is 39.8 Å². The number of carbonyl (C=O) groups is 1. The number of rotatable bonds is 4. The Labute approximate surface area is 150 Å². The molecule has 0 saturated heterocycles. The Balaban J connectivity index is 1.87. The molecule has 6 nitrogen and oxygen atoms in total. The fourth-order valence-corrected chi connectivity index (χ4v) is 2.97. The van der Waals surface area contributed by atoms with Gasteiger partial charge in [-0.2, -0.15) is 0 Å². The van der Waals surface area contributed by atoms with Gasteiger partial charge in [-0.25, -0.2) is 4.79 Å². The Morgan fingerprint density at radius 3 is 2.62 bits per heavy atom. The molecule has 0 aliphatic carbocycles. The third-order valence-corrected chi connectivity index (χ3v) is 4.18. The van der Waals surface area contributed by atoms with Crippen LogP contribution < -0.4 is 9.47 Å². The molecule has 0 radical (unpaired) electrons. The molecule has 1 aromatic heterocycles. The van der Waals surface area contributed by atoms with Crippen LogP contribution in [0.3, 0.4) is 0 Å². The number of esters is 1. The Bertz CT molecular complexity index is 962. The van der Waals surface area contributed by atoms with Gasteiger partial charge < -0.3 is 24.3 Å². The van der Waals surface area contributed by atoms with Crippen LogP contribution in [-0.4, -0.2) is 29.5 Å². The predicted molar refractivity (Wildman–Crippen MR) is 95.4 cm³/mol. The molecule has 2 heterocycles. The van der Waals surface area contributed by atoms with Crippen molar-refractivity contribution in [3.05, 3.63) is 54.1 Å². The standard InChI is InChI=1S/C20H17NO5/c1-2-24-20(23)16-17(12-6-4-3-5-7-12)21-18(19(16)22)13-8-9-14-15(10-13)26-11-25-14/h3-10,21-22H,2,11H2,1H3. The number of hydrogen-bond donors (Lipinski definition) is 2. The third kappa shape index (κ3) is 2.65. The summed E-state index contributed by atoms with van der Waals surface area (Å²) in [6.45, 7) is 2.11. The fraction of sp³-hybridized carbons (Fsp3) is 0.150. The minimum atomic E-state index is -0.577. The lowest BCUT2D eigenvalue weighted by molar-refractivity contribution is 0.0524. The molecule has 4 rings (SSSR count). The summed E-state index contributed by atoms with van der Waals surface area (Å²) in [5, 5.41) is 10.8. The van der Waals surface area contributed by atoms with E-state index in [1.54, 1.807) is 25.1 Å². The van der Waals surface area contributed by atoms with Crippen LogP contribution in [0.15, 0.2) is 48.5 Å². The highest BCUT2D eigenvalue weighted by Gasteiger charge is 2.26. The van der Waals surface area contributed by atoms with Gasteiger partial charge >= 0.3 is 5.97 Å². The number of fused-ring (bicyclic) bond motifs is 1. The zero-order valence-corrected chi connectivity index (χ0v) is 14.1. The number of aromatic amines is 1. The number of hydrogen-bond acceptors (Lipinski definition) is 5. The highest BCUT2D eigenvalue weighted by atomic mass is 16.7. The van der Waals surface area contributed by atoms with Gasteiger partial charge in [-0.1, -0.05) is 30.3 Å². The number of aromatic nitrogens is 1. The highest BCUT2D eigenvalue weighted by Crippen LogP contribution is 2.42. The minimum Gasteiger partial charge on any atom is -0.505 e. The van der Waals surface area contributed by atoms with Crippen molar-refractivity contribution >= 4 is 5.97 Å². The maximum Gasteiger partial charge on any atom is 0.344 e. The Hall–Kier alpha value is -3.41. The summed E-state index contributed by atoms with van der Waals surface area (Å²) in [4.78, 5) is 15.6.